The van der Waals surface area contributed by atoms with Crippen molar-refractivity contribution in [3.63, 3.8) is 0 Å². The summed E-state index contributed by atoms with van der Waals surface area (Å²) >= 11 is 0. The fourth-order valence-electron chi connectivity index (χ4n) is 2.06. The van der Waals surface area contributed by atoms with E-state index in [1.54, 1.807) is 20.1 Å². The number of benzene rings is 1. The van der Waals surface area contributed by atoms with E-state index in [4.69, 9.17) is 14.3 Å². The van der Waals surface area contributed by atoms with Crippen LogP contribution < -0.4 is 4.74 Å². The summed E-state index contributed by atoms with van der Waals surface area (Å²) < 4.78 is 10.7. The van der Waals surface area contributed by atoms with Crippen LogP contribution in [0.3, 0.4) is 0 Å². The normalized spacial score (nSPS) is 10.8. The maximum absolute atomic E-state index is 11.0. The quantitative estimate of drug-likeness (QED) is 0.886. The highest BCUT2D eigenvalue weighted by Crippen LogP contribution is 2.36. The summed E-state index contributed by atoms with van der Waals surface area (Å²) in [5, 5.41) is 9.78. The zero-order valence-corrected chi connectivity index (χ0v) is 10.0. The first-order valence-electron chi connectivity index (χ1n) is 5.42. The number of fused-ring (bicyclic) bond motifs is 1. The molecule has 0 spiro atoms. The molecular weight excluding hydrogens is 220 g/mol. The molecule has 2 rings (SSSR count). The summed E-state index contributed by atoms with van der Waals surface area (Å²) in [4.78, 5) is 11.0. The third-order valence-electron chi connectivity index (χ3n) is 2.91. The maximum atomic E-state index is 11.0. The molecule has 0 radical (unpaired) electrons. The fraction of sp³-hybridized carbons (Fsp3) is 0.308. The third kappa shape index (κ3) is 1.65. The molecule has 1 heterocycles. The van der Waals surface area contributed by atoms with Crippen molar-refractivity contribution in [1.29, 1.82) is 0 Å². The molecule has 0 aliphatic rings. The second kappa shape index (κ2) is 4.13. The van der Waals surface area contributed by atoms with Gasteiger partial charge in [-0.3, -0.25) is 0 Å². The molecule has 0 amide bonds. The van der Waals surface area contributed by atoms with Crippen molar-refractivity contribution in [3.8, 4) is 5.75 Å². The number of hydrogen-bond acceptors (Lipinski definition) is 3. The maximum Gasteiger partial charge on any atom is 0.372 e. The number of aromatic carboxylic acids is 1. The average molecular weight is 234 g/mol. The van der Waals surface area contributed by atoms with Crippen LogP contribution in [0.4, 0.5) is 0 Å². The van der Waals surface area contributed by atoms with Gasteiger partial charge in [-0.2, -0.15) is 0 Å². The summed E-state index contributed by atoms with van der Waals surface area (Å²) in [5.41, 5.74) is 2.20. The number of aryl methyl sites for hydroxylation is 2. The van der Waals surface area contributed by atoms with Gasteiger partial charge in [-0.15, -0.1) is 0 Å². The van der Waals surface area contributed by atoms with Gasteiger partial charge in [0.15, 0.2) is 0 Å². The molecule has 0 atom stereocenters. The molecular formula is C13H14O4. The minimum Gasteiger partial charge on any atom is -0.496 e. The van der Waals surface area contributed by atoms with Crippen molar-refractivity contribution in [2.24, 2.45) is 0 Å². The van der Waals surface area contributed by atoms with Crippen LogP contribution in [0.2, 0.25) is 0 Å². The Bertz CT molecular complexity index is 581. The monoisotopic (exact) mass is 234 g/mol. The van der Waals surface area contributed by atoms with E-state index >= 15 is 0 Å². The van der Waals surface area contributed by atoms with E-state index in [9.17, 15) is 4.79 Å². The number of rotatable bonds is 3. The molecule has 2 aromatic rings. The molecule has 1 aromatic heterocycles. The summed E-state index contributed by atoms with van der Waals surface area (Å²) in [6.07, 6.45) is 0.826. The van der Waals surface area contributed by atoms with E-state index in [1.807, 2.05) is 13.0 Å². The van der Waals surface area contributed by atoms with Crippen molar-refractivity contribution in [2.45, 2.75) is 20.3 Å². The van der Waals surface area contributed by atoms with Gasteiger partial charge in [0, 0.05) is 5.56 Å². The van der Waals surface area contributed by atoms with Crippen molar-refractivity contribution < 1.29 is 19.1 Å². The second-order valence-electron chi connectivity index (χ2n) is 3.85. The van der Waals surface area contributed by atoms with Crippen LogP contribution in [0.5, 0.6) is 5.75 Å². The molecule has 0 aliphatic heterocycles. The summed E-state index contributed by atoms with van der Waals surface area (Å²) in [7, 11) is 1.58. The molecule has 90 valence electrons. The number of methoxy groups -OCH3 is 1. The molecule has 4 nitrogen and oxygen atoms in total. The Balaban J connectivity index is 2.84. The predicted molar refractivity (Wildman–Crippen MR) is 63.8 cm³/mol. The van der Waals surface area contributed by atoms with Gasteiger partial charge in [-0.25, -0.2) is 4.79 Å². The molecule has 0 fully saturated rings. The van der Waals surface area contributed by atoms with E-state index in [0.717, 1.165) is 17.4 Å². The van der Waals surface area contributed by atoms with Crippen LogP contribution in [-0.4, -0.2) is 18.2 Å². The number of carbonyl (C=O) groups is 1. The zero-order chi connectivity index (χ0) is 12.6. The minimum absolute atomic E-state index is 0.0217. The number of hydrogen-bond donors (Lipinski definition) is 1. The van der Waals surface area contributed by atoms with Gasteiger partial charge in [0.05, 0.1) is 12.5 Å². The van der Waals surface area contributed by atoms with Gasteiger partial charge >= 0.3 is 5.97 Å². The largest absolute Gasteiger partial charge is 0.496 e. The topological polar surface area (TPSA) is 59.7 Å². The average Bonchev–Trinajstić information content (AvgIpc) is 2.66. The van der Waals surface area contributed by atoms with E-state index in [2.05, 4.69) is 0 Å². The Kier molecular flexibility index (Phi) is 2.79. The van der Waals surface area contributed by atoms with E-state index in [1.165, 1.54) is 0 Å². The predicted octanol–water partition coefficient (Wildman–Crippen LogP) is 3.01. The lowest BCUT2D eigenvalue weighted by Crippen LogP contribution is -1.96. The molecule has 0 saturated heterocycles. The van der Waals surface area contributed by atoms with Crippen molar-refractivity contribution in [2.75, 3.05) is 7.11 Å². The van der Waals surface area contributed by atoms with Crippen LogP contribution in [0, 0.1) is 6.92 Å². The van der Waals surface area contributed by atoms with Crippen LogP contribution in [0.15, 0.2) is 16.5 Å². The number of carboxylic acid groups (broad SMARTS) is 1. The van der Waals surface area contributed by atoms with Gasteiger partial charge < -0.3 is 14.3 Å². The van der Waals surface area contributed by atoms with Crippen LogP contribution >= 0.6 is 0 Å². The second-order valence-corrected chi connectivity index (χ2v) is 3.85. The molecule has 0 aliphatic carbocycles. The molecule has 4 heteroatoms. The first-order chi connectivity index (χ1) is 8.10. The minimum atomic E-state index is -1.06. The molecule has 0 bridgehead atoms. The fourth-order valence-corrected chi connectivity index (χ4v) is 2.06. The summed E-state index contributed by atoms with van der Waals surface area (Å²) in [6, 6.07) is 3.69. The lowest BCUT2D eigenvalue weighted by atomic mass is 10.1. The van der Waals surface area contributed by atoms with Gasteiger partial charge in [0.1, 0.15) is 11.3 Å². The molecule has 17 heavy (non-hydrogen) atoms. The van der Waals surface area contributed by atoms with Gasteiger partial charge in [-0.1, -0.05) is 13.0 Å². The Morgan fingerprint density at radius 2 is 2.18 bits per heavy atom. The molecule has 0 saturated carbocycles. The Morgan fingerprint density at radius 1 is 1.47 bits per heavy atom. The molecule has 1 N–H and O–H groups in total. The van der Waals surface area contributed by atoms with E-state index < -0.39 is 5.97 Å². The zero-order valence-electron chi connectivity index (χ0n) is 10.0. The smallest absolute Gasteiger partial charge is 0.372 e. The van der Waals surface area contributed by atoms with Crippen LogP contribution in [-0.2, 0) is 6.42 Å². The van der Waals surface area contributed by atoms with Crippen LogP contribution in [0.1, 0.15) is 28.6 Å². The lowest BCUT2D eigenvalue weighted by Gasteiger charge is -2.07. The highest BCUT2D eigenvalue weighted by molar-refractivity contribution is 5.98. The van der Waals surface area contributed by atoms with Crippen LogP contribution in [0.25, 0.3) is 11.0 Å². The number of carboxylic acids is 1. The van der Waals surface area contributed by atoms with Crippen molar-refractivity contribution in [3.05, 3.63) is 29.0 Å². The Labute approximate surface area is 98.8 Å². The lowest BCUT2D eigenvalue weighted by molar-refractivity contribution is 0.0664. The first kappa shape index (κ1) is 11.5. The highest BCUT2D eigenvalue weighted by Gasteiger charge is 2.20. The van der Waals surface area contributed by atoms with Gasteiger partial charge in [0.2, 0.25) is 5.76 Å². The van der Waals surface area contributed by atoms with Crippen molar-refractivity contribution in [1.82, 2.24) is 0 Å². The Morgan fingerprint density at radius 3 is 2.71 bits per heavy atom. The van der Waals surface area contributed by atoms with Gasteiger partial charge in [-0.05, 0) is 25.0 Å². The standard InChI is InChI=1S/C13H14O4/c1-4-8-5-6-9-10(12(8)16-3)7(2)11(17-9)13(14)15/h5-6H,4H2,1-3H3,(H,14,15). The summed E-state index contributed by atoms with van der Waals surface area (Å²) in [5.74, 6) is -0.371. The Hall–Kier alpha value is -1.97. The van der Waals surface area contributed by atoms with Crippen molar-refractivity contribution >= 4 is 16.9 Å². The SMILES string of the molecule is CCc1ccc2oc(C(=O)O)c(C)c2c1OC. The molecule has 0 unspecified atom stereocenters. The van der Waals surface area contributed by atoms with E-state index in [-0.39, 0.29) is 5.76 Å². The third-order valence-corrected chi connectivity index (χ3v) is 2.91. The van der Waals surface area contributed by atoms with E-state index in [0.29, 0.717) is 16.9 Å². The number of ether oxygens (including phenoxy) is 1. The summed E-state index contributed by atoms with van der Waals surface area (Å²) in [6.45, 7) is 3.76. The first-order valence-corrected chi connectivity index (χ1v) is 5.42. The highest BCUT2D eigenvalue weighted by atomic mass is 16.5. The van der Waals surface area contributed by atoms with Gasteiger partial charge in [0.25, 0.3) is 0 Å². The number of furan rings is 1. The molecule has 1 aromatic carbocycles.